The van der Waals surface area contributed by atoms with Crippen LogP contribution in [0.4, 0.5) is 11.5 Å². The second-order valence-corrected chi connectivity index (χ2v) is 7.78. The van der Waals surface area contributed by atoms with Gasteiger partial charge in [0.1, 0.15) is 24.3 Å². The van der Waals surface area contributed by atoms with Gasteiger partial charge < -0.3 is 19.9 Å². The smallest absolute Gasteiger partial charge is 0.144 e. The van der Waals surface area contributed by atoms with Crippen molar-refractivity contribution in [3.8, 4) is 5.75 Å². The quantitative estimate of drug-likeness (QED) is 0.663. The summed E-state index contributed by atoms with van der Waals surface area (Å²) in [4.78, 5) is 6.56. The van der Waals surface area contributed by atoms with Crippen LogP contribution in [0.5, 0.6) is 5.75 Å². The highest BCUT2D eigenvalue weighted by Gasteiger charge is 2.16. The number of anilines is 2. The Morgan fingerprint density at radius 2 is 2.15 bits per heavy atom. The minimum Gasteiger partial charge on any atom is -0.489 e. The standard InChI is InChI=1S/C19H23BrClN3O3/c1-13-8-16(20)19(22-10-13)23-17-9-14(21)2-3-18(17)27-12-15(25)11-24-4-6-26-7-5-24/h2-3,8-10,15,25H,4-7,11-12H2,1H3,(H,22,23). The summed E-state index contributed by atoms with van der Waals surface area (Å²) in [6.07, 6.45) is 1.19. The highest BCUT2D eigenvalue weighted by atomic mass is 79.9. The van der Waals surface area contributed by atoms with E-state index in [1.165, 1.54) is 0 Å². The average Bonchev–Trinajstić information content (AvgIpc) is 2.64. The molecule has 2 heterocycles. The Kier molecular flexibility index (Phi) is 7.32. The van der Waals surface area contributed by atoms with Crippen molar-refractivity contribution in [2.75, 3.05) is 44.8 Å². The first-order valence-electron chi connectivity index (χ1n) is 8.81. The molecule has 1 aromatic heterocycles. The molecule has 1 saturated heterocycles. The number of aromatic nitrogens is 1. The van der Waals surface area contributed by atoms with E-state index in [0.29, 0.717) is 42.0 Å². The van der Waals surface area contributed by atoms with E-state index in [0.717, 1.165) is 23.1 Å². The molecule has 6 nitrogen and oxygen atoms in total. The number of aliphatic hydroxyl groups is 1. The Bertz CT molecular complexity index is 772. The largest absolute Gasteiger partial charge is 0.489 e. The SMILES string of the molecule is Cc1cnc(Nc2cc(Cl)ccc2OCC(O)CN2CCOCC2)c(Br)c1. The third kappa shape index (κ3) is 6.05. The van der Waals surface area contributed by atoms with Crippen molar-refractivity contribution in [3.05, 3.63) is 45.5 Å². The molecular weight excluding hydrogens is 434 g/mol. The molecule has 3 rings (SSSR count). The minimum atomic E-state index is -0.587. The normalized spacial score (nSPS) is 16.1. The Morgan fingerprint density at radius 3 is 2.89 bits per heavy atom. The van der Waals surface area contributed by atoms with Crippen molar-refractivity contribution in [1.82, 2.24) is 9.88 Å². The number of nitrogens with zero attached hydrogens (tertiary/aromatic N) is 2. The summed E-state index contributed by atoms with van der Waals surface area (Å²) in [5.74, 6) is 1.27. The highest BCUT2D eigenvalue weighted by molar-refractivity contribution is 9.10. The first kappa shape index (κ1) is 20.4. The molecule has 1 fully saturated rings. The molecular formula is C19H23BrClN3O3. The summed E-state index contributed by atoms with van der Waals surface area (Å²) in [7, 11) is 0. The zero-order valence-corrected chi connectivity index (χ0v) is 17.5. The van der Waals surface area contributed by atoms with Gasteiger partial charge in [-0.25, -0.2) is 4.98 Å². The van der Waals surface area contributed by atoms with E-state index >= 15 is 0 Å². The van der Waals surface area contributed by atoms with Crippen LogP contribution < -0.4 is 10.1 Å². The number of benzene rings is 1. The van der Waals surface area contributed by atoms with E-state index in [4.69, 9.17) is 21.1 Å². The van der Waals surface area contributed by atoms with Crippen molar-refractivity contribution in [2.24, 2.45) is 0 Å². The van der Waals surface area contributed by atoms with Gasteiger partial charge in [-0.05, 0) is 52.7 Å². The lowest BCUT2D eigenvalue weighted by Gasteiger charge is -2.28. The topological polar surface area (TPSA) is 66.9 Å². The van der Waals surface area contributed by atoms with Gasteiger partial charge in [0.05, 0.1) is 23.4 Å². The zero-order valence-electron chi connectivity index (χ0n) is 15.1. The summed E-state index contributed by atoms with van der Waals surface area (Å²) in [6, 6.07) is 7.30. The fourth-order valence-corrected chi connectivity index (χ4v) is 3.53. The predicted molar refractivity (Wildman–Crippen MR) is 110 cm³/mol. The Hall–Kier alpha value is -1.38. The summed E-state index contributed by atoms with van der Waals surface area (Å²) in [5, 5.41) is 14.1. The van der Waals surface area contributed by atoms with Crippen LogP contribution in [-0.2, 0) is 4.74 Å². The lowest BCUT2D eigenvalue weighted by atomic mass is 10.2. The van der Waals surface area contributed by atoms with Crippen LogP contribution in [-0.4, -0.2) is 60.5 Å². The van der Waals surface area contributed by atoms with Gasteiger partial charge in [0.25, 0.3) is 0 Å². The first-order valence-corrected chi connectivity index (χ1v) is 9.98. The number of morpholine rings is 1. The van der Waals surface area contributed by atoms with Crippen LogP contribution in [0, 0.1) is 6.92 Å². The molecule has 27 heavy (non-hydrogen) atoms. The van der Waals surface area contributed by atoms with Crippen LogP contribution in [0.2, 0.25) is 5.02 Å². The third-order valence-corrected chi connectivity index (χ3v) is 5.02. The molecule has 0 spiro atoms. The van der Waals surface area contributed by atoms with Crippen molar-refractivity contribution < 1.29 is 14.6 Å². The van der Waals surface area contributed by atoms with Crippen LogP contribution in [0.15, 0.2) is 34.9 Å². The second-order valence-electron chi connectivity index (χ2n) is 6.49. The predicted octanol–water partition coefficient (Wildman–Crippen LogP) is 3.62. The molecule has 2 aromatic rings. The lowest BCUT2D eigenvalue weighted by Crippen LogP contribution is -2.42. The van der Waals surface area contributed by atoms with E-state index in [-0.39, 0.29) is 6.61 Å². The second kappa shape index (κ2) is 9.71. The molecule has 0 amide bonds. The van der Waals surface area contributed by atoms with Gasteiger partial charge in [0.15, 0.2) is 0 Å². The number of halogens is 2. The molecule has 1 aromatic carbocycles. The number of hydrogen-bond acceptors (Lipinski definition) is 6. The van der Waals surface area contributed by atoms with E-state index in [1.54, 1.807) is 24.4 Å². The van der Waals surface area contributed by atoms with Gasteiger partial charge in [-0.3, -0.25) is 4.90 Å². The molecule has 1 unspecified atom stereocenters. The Morgan fingerprint density at radius 1 is 1.37 bits per heavy atom. The van der Waals surface area contributed by atoms with Crippen molar-refractivity contribution in [2.45, 2.75) is 13.0 Å². The van der Waals surface area contributed by atoms with Crippen LogP contribution in [0.3, 0.4) is 0 Å². The Labute approximate surface area is 172 Å². The van der Waals surface area contributed by atoms with Crippen molar-refractivity contribution >= 4 is 39.0 Å². The molecule has 0 radical (unpaired) electrons. The molecule has 8 heteroatoms. The summed E-state index contributed by atoms with van der Waals surface area (Å²) in [5.41, 5.74) is 1.75. The zero-order chi connectivity index (χ0) is 19.2. The maximum absolute atomic E-state index is 10.3. The molecule has 0 saturated carbocycles. The van der Waals surface area contributed by atoms with Gasteiger partial charge in [0.2, 0.25) is 0 Å². The van der Waals surface area contributed by atoms with Crippen molar-refractivity contribution in [1.29, 1.82) is 0 Å². The molecule has 1 aliphatic heterocycles. The maximum atomic E-state index is 10.3. The van der Waals surface area contributed by atoms with Gasteiger partial charge in [-0.2, -0.15) is 0 Å². The van der Waals surface area contributed by atoms with Crippen molar-refractivity contribution in [3.63, 3.8) is 0 Å². The fraction of sp³-hybridized carbons (Fsp3) is 0.421. The molecule has 1 aliphatic rings. The Balaban J connectivity index is 1.64. The maximum Gasteiger partial charge on any atom is 0.144 e. The van der Waals surface area contributed by atoms with E-state index in [9.17, 15) is 5.11 Å². The number of β-amino-alcohol motifs (C(OH)–C–C–N with tert-alkyl or cyclic N) is 1. The molecule has 146 valence electrons. The first-order chi connectivity index (χ1) is 13.0. The van der Waals surface area contributed by atoms with Gasteiger partial charge in [0, 0.05) is 30.9 Å². The van der Waals surface area contributed by atoms with E-state index in [1.807, 2.05) is 13.0 Å². The molecule has 0 aliphatic carbocycles. The molecule has 0 bridgehead atoms. The van der Waals surface area contributed by atoms with Crippen LogP contribution >= 0.6 is 27.5 Å². The number of hydrogen-bond donors (Lipinski definition) is 2. The number of aliphatic hydroxyl groups excluding tert-OH is 1. The van der Waals surface area contributed by atoms with Gasteiger partial charge in [-0.1, -0.05) is 11.6 Å². The average molecular weight is 457 g/mol. The van der Waals surface area contributed by atoms with Crippen LogP contribution in [0.1, 0.15) is 5.56 Å². The van der Waals surface area contributed by atoms with E-state index < -0.39 is 6.10 Å². The third-order valence-electron chi connectivity index (χ3n) is 4.18. The number of ether oxygens (including phenoxy) is 2. The monoisotopic (exact) mass is 455 g/mol. The summed E-state index contributed by atoms with van der Waals surface area (Å²) >= 11 is 9.65. The molecule has 2 N–H and O–H groups in total. The van der Waals surface area contributed by atoms with E-state index in [2.05, 4.69) is 31.1 Å². The number of rotatable bonds is 7. The van der Waals surface area contributed by atoms with Gasteiger partial charge in [-0.15, -0.1) is 0 Å². The highest BCUT2D eigenvalue weighted by Crippen LogP contribution is 2.32. The minimum absolute atomic E-state index is 0.191. The lowest BCUT2D eigenvalue weighted by molar-refractivity contribution is 0.00473. The number of nitrogens with one attached hydrogen (secondary N) is 1. The number of pyridine rings is 1. The summed E-state index contributed by atoms with van der Waals surface area (Å²) < 4.78 is 12.0. The van der Waals surface area contributed by atoms with Gasteiger partial charge >= 0.3 is 0 Å². The summed E-state index contributed by atoms with van der Waals surface area (Å²) in [6.45, 7) is 5.80. The van der Waals surface area contributed by atoms with Crippen LogP contribution in [0.25, 0.3) is 0 Å². The number of aryl methyl sites for hydroxylation is 1. The fourth-order valence-electron chi connectivity index (χ4n) is 2.80. The molecule has 1 atom stereocenters.